The molecule has 2 aromatic heterocycles. The molecule has 3 aromatic rings. The van der Waals surface area contributed by atoms with Gasteiger partial charge in [-0.3, -0.25) is 4.79 Å². The Hall–Kier alpha value is -2.82. The third kappa shape index (κ3) is 4.53. The lowest BCUT2D eigenvalue weighted by Gasteiger charge is -2.17. The number of carbonyl (C=O) groups excluding carboxylic acids is 1. The molecule has 0 atom stereocenters. The van der Waals surface area contributed by atoms with Gasteiger partial charge in [-0.2, -0.15) is 0 Å². The minimum atomic E-state index is -0.0499. The smallest absolute Gasteiger partial charge is 0.251 e. The number of aromatic nitrogens is 2. The van der Waals surface area contributed by atoms with Crippen LogP contribution in [0, 0.1) is 0 Å². The lowest BCUT2D eigenvalue weighted by Crippen LogP contribution is -2.26. The van der Waals surface area contributed by atoms with Crippen LogP contribution in [0.1, 0.15) is 54.4 Å². The van der Waals surface area contributed by atoms with Crippen molar-refractivity contribution in [2.24, 2.45) is 0 Å². The number of hydrogen-bond donors (Lipinski definition) is 3. The van der Waals surface area contributed by atoms with Crippen molar-refractivity contribution >= 4 is 22.6 Å². The van der Waals surface area contributed by atoms with Gasteiger partial charge in [0.15, 0.2) is 0 Å². The summed E-state index contributed by atoms with van der Waals surface area (Å²) in [5, 5.41) is 7.77. The Morgan fingerprint density at radius 1 is 1.11 bits per heavy atom. The highest BCUT2D eigenvalue weighted by Gasteiger charge is 2.14. The summed E-state index contributed by atoms with van der Waals surface area (Å²) in [5.41, 5.74) is 3.01. The van der Waals surface area contributed by atoms with Crippen LogP contribution in [0.2, 0.25) is 0 Å². The number of H-pyrrole nitrogens is 1. The van der Waals surface area contributed by atoms with Crippen molar-refractivity contribution in [2.45, 2.75) is 51.0 Å². The molecule has 1 aliphatic carbocycles. The number of nitrogens with zero attached hydrogens (tertiary/aromatic N) is 1. The number of aromatic amines is 1. The van der Waals surface area contributed by atoms with Crippen LogP contribution in [0.5, 0.6) is 0 Å². The second kappa shape index (κ2) is 8.91. The molecule has 0 spiro atoms. The van der Waals surface area contributed by atoms with Gasteiger partial charge in [0.05, 0.1) is 0 Å². The van der Waals surface area contributed by atoms with Gasteiger partial charge in [-0.25, -0.2) is 4.98 Å². The molecule has 5 heteroatoms. The topological polar surface area (TPSA) is 69.8 Å². The largest absolute Gasteiger partial charge is 0.367 e. The Labute approximate surface area is 166 Å². The number of anilines is 1. The Bertz CT molecular complexity index is 925. The van der Waals surface area contributed by atoms with Crippen LogP contribution >= 0.6 is 0 Å². The Kier molecular flexibility index (Phi) is 5.90. The van der Waals surface area contributed by atoms with Crippen molar-refractivity contribution in [3.8, 4) is 0 Å². The number of benzene rings is 1. The lowest BCUT2D eigenvalue weighted by atomic mass is 10.1. The fourth-order valence-corrected chi connectivity index (χ4v) is 4.03. The molecule has 3 N–H and O–H groups in total. The van der Waals surface area contributed by atoms with E-state index in [1.165, 1.54) is 49.5 Å². The van der Waals surface area contributed by atoms with Gasteiger partial charge in [0.1, 0.15) is 5.82 Å². The minimum absolute atomic E-state index is 0.0499. The molecular formula is C23H28N4O. The van der Waals surface area contributed by atoms with E-state index >= 15 is 0 Å². The summed E-state index contributed by atoms with van der Waals surface area (Å²) in [6, 6.07) is 12.3. The summed E-state index contributed by atoms with van der Waals surface area (Å²) >= 11 is 0. The van der Waals surface area contributed by atoms with Gasteiger partial charge in [-0.15, -0.1) is 0 Å². The quantitative estimate of drug-likeness (QED) is 0.548. The maximum atomic E-state index is 12.6. The lowest BCUT2D eigenvalue weighted by molar-refractivity contribution is 0.0954. The van der Waals surface area contributed by atoms with E-state index in [4.69, 9.17) is 0 Å². The Morgan fingerprint density at radius 2 is 1.93 bits per heavy atom. The second-order valence-electron chi connectivity index (χ2n) is 7.63. The monoisotopic (exact) mass is 376 g/mol. The summed E-state index contributed by atoms with van der Waals surface area (Å²) < 4.78 is 0. The van der Waals surface area contributed by atoms with Gasteiger partial charge in [0, 0.05) is 41.4 Å². The van der Waals surface area contributed by atoms with Crippen molar-refractivity contribution < 1.29 is 4.79 Å². The molecule has 1 fully saturated rings. The SMILES string of the molecule is O=C(NCCc1c[nH]c2ccccc12)c1ccnc(NC2CCCCCC2)c1. The molecule has 5 nitrogen and oxygen atoms in total. The van der Waals surface area contributed by atoms with Crippen LogP contribution in [0.15, 0.2) is 48.8 Å². The van der Waals surface area contributed by atoms with E-state index in [9.17, 15) is 4.79 Å². The van der Waals surface area contributed by atoms with Crippen LogP contribution < -0.4 is 10.6 Å². The van der Waals surface area contributed by atoms with Crippen LogP contribution in [0.4, 0.5) is 5.82 Å². The van der Waals surface area contributed by atoms with Crippen LogP contribution in [-0.2, 0) is 6.42 Å². The number of carbonyl (C=O) groups is 1. The molecular weight excluding hydrogens is 348 g/mol. The molecule has 0 unspecified atom stereocenters. The number of hydrogen-bond acceptors (Lipinski definition) is 3. The van der Waals surface area contributed by atoms with Crippen molar-refractivity contribution in [3.05, 3.63) is 59.9 Å². The average Bonchev–Trinajstić information content (AvgIpc) is 2.95. The van der Waals surface area contributed by atoms with Crippen molar-refractivity contribution in [1.29, 1.82) is 0 Å². The highest BCUT2D eigenvalue weighted by atomic mass is 16.1. The summed E-state index contributed by atoms with van der Waals surface area (Å²) in [6.07, 6.45) is 12.1. The summed E-state index contributed by atoms with van der Waals surface area (Å²) in [7, 11) is 0. The molecule has 146 valence electrons. The number of rotatable bonds is 6. The third-order valence-corrected chi connectivity index (χ3v) is 5.58. The first kappa shape index (κ1) is 18.5. The number of nitrogens with one attached hydrogen (secondary N) is 3. The highest BCUT2D eigenvalue weighted by Crippen LogP contribution is 2.21. The van der Waals surface area contributed by atoms with E-state index in [1.807, 2.05) is 24.4 Å². The average molecular weight is 377 g/mol. The molecule has 1 aromatic carbocycles. The fourth-order valence-electron chi connectivity index (χ4n) is 4.03. The maximum Gasteiger partial charge on any atom is 0.251 e. The van der Waals surface area contributed by atoms with E-state index < -0.39 is 0 Å². The molecule has 4 rings (SSSR count). The molecule has 1 aliphatic rings. The first-order chi connectivity index (χ1) is 13.8. The van der Waals surface area contributed by atoms with Gasteiger partial charge in [-0.05, 0) is 43.0 Å². The number of pyridine rings is 1. The highest BCUT2D eigenvalue weighted by molar-refractivity contribution is 5.94. The third-order valence-electron chi connectivity index (χ3n) is 5.58. The number of amides is 1. The van der Waals surface area contributed by atoms with E-state index in [0.29, 0.717) is 18.2 Å². The van der Waals surface area contributed by atoms with Gasteiger partial charge in [0.25, 0.3) is 5.91 Å². The second-order valence-corrected chi connectivity index (χ2v) is 7.63. The zero-order chi connectivity index (χ0) is 19.2. The number of para-hydroxylation sites is 1. The first-order valence-electron chi connectivity index (χ1n) is 10.4. The Morgan fingerprint density at radius 3 is 2.79 bits per heavy atom. The summed E-state index contributed by atoms with van der Waals surface area (Å²) in [6.45, 7) is 0.606. The van der Waals surface area contributed by atoms with Crippen molar-refractivity contribution in [1.82, 2.24) is 15.3 Å². The first-order valence-corrected chi connectivity index (χ1v) is 10.4. The summed E-state index contributed by atoms with van der Waals surface area (Å²) in [4.78, 5) is 20.2. The molecule has 0 bridgehead atoms. The van der Waals surface area contributed by atoms with Gasteiger partial charge >= 0.3 is 0 Å². The molecule has 28 heavy (non-hydrogen) atoms. The predicted octanol–water partition coefficient (Wildman–Crippen LogP) is 4.67. The van der Waals surface area contributed by atoms with Crippen LogP contribution in [0.3, 0.4) is 0 Å². The van der Waals surface area contributed by atoms with Crippen molar-refractivity contribution in [3.63, 3.8) is 0 Å². The van der Waals surface area contributed by atoms with Crippen molar-refractivity contribution in [2.75, 3.05) is 11.9 Å². The summed E-state index contributed by atoms with van der Waals surface area (Å²) in [5.74, 6) is 0.752. The van der Waals surface area contributed by atoms with Gasteiger partial charge in [-0.1, -0.05) is 43.9 Å². The maximum absolute atomic E-state index is 12.6. The molecule has 0 saturated heterocycles. The molecule has 0 radical (unpaired) electrons. The zero-order valence-electron chi connectivity index (χ0n) is 16.2. The van der Waals surface area contributed by atoms with Crippen LogP contribution in [0.25, 0.3) is 10.9 Å². The van der Waals surface area contributed by atoms with Gasteiger partial charge in [0.2, 0.25) is 0 Å². The van der Waals surface area contributed by atoms with E-state index in [2.05, 4.69) is 32.7 Å². The molecule has 0 aliphatic heterocycles. The molecule has 1 amide bonds. The standard InChI is InChI=1S/C23H28N4O/c28-23(25-14-12-18-16-26-21-10-6-5-9-20(18)21)17-11-13-24-22(15-17)27-19-7-3-1-2-4-8-19/h5-6,9-11,13,15-16,19,26H,1-4,7-8,12,14H2,(H,24,27)(H,25,28). The number of fused-ring (bicyclic) bond motifs is 1. The zero-order valence-corrected chi connectivity index (χ0v) is 16.2. The van der Waals surface area contributed by atoms with E-state index in [-0.39, 0.29) is 5.91 Å². The van der Waals surface area contributed by atoms with E-state index in [0.717, 1.165) is 17.8 Å². The molecule has 2 heterocycles. The van der Waals surface area contributed by atoms with Crippen LogP contribution in [-0.4, -0.2) is 28.5 Å². The van der Waals surface area contributed by atoms with Gasteiger partial charge < -0.3 is 15.6 Å². The minimum Gasteiger partial charge on any atom is -0.367 e. The predicted molar refractivity (Wildman–Crippen MR) is 114 cm³/mol. The normalized spacial score (nSPS) is 15.3. The fraction of sp³-hybridized carbons (Fsp3) is 0.391. The molecule has 1 saturated carbocycles. The van der Waals surface area contributed by atoms with E-state index in [1.54, 1.807) is 12.3 Å². The Balaban J connectivity index is 1.33.